The minimum Gasteiger partial charge on any atom is -0.492 e. The lowest BCUT2D eigenvalue weighted by atomic mass is 10.1. The van der Waals surface area contributed by atoms with Crippen LogP contribution in [0.1, 0.15) is 43.6 Å². The molecule has 2 aromatic rings. The van der Waals surface area contributed by atoms with E-state index in [0.717, 1.165) is 30.9 Å². The summed E-state index contributed by atoms with van der Waals surface area (Å²) < 4.78 is 30.3. The molecule has 2 aromatic carbocycles. The molecule has 0 radical (unpaired) electrons. The van der Waals surface area contributed by atoms with Crippen molar-refractivity contribution in [2.45, 2.75) is 44.4 Å². The van der Waals surface area contributed by atoms with Crippen LogP contribution in [0, 0.1) is 0 Å². The van der Waals surface area contributed by atoms with E-state index in [9.17, 15) is 13.2 Å². The highest BCUT2D eigenvalue weighted by atomic mass is 32.2. The van der Waals surface area contributed by atoms with Gasteiger partial charge in [-0.3, -0.25) is 4.79 Å². The number of amides is 1. The predicted molar refractivity (Wildman–Crippen MR) is 120 cm³/mol. The van der Waals surface area contributed by atoms with Crippen LogP contribution in [0.3, 0.4) is 0 Å². The van der Waals surface area contributed by atoms with Crippen molar-refractivity contribution in [1.29, 1.82) is 0 Å². The Morgan fingerprint density at radius 1 is 1.03 bits per heavy atom. The zero-order valence-electron chi connectivity index (χ0n) is 18.2. The zero-order chi connectivity index (χ0) is 22.1. The molecule has 1 amide bonds. The fourth-order valence-corrected chi connectivity index (χ4v) is 4.02. The van der Waals surface area contributed by atoms with Crippen molar-refractivity contribution in [2.24, 2.45) is 0 Å². The highest BCUT2D eigenvalue weighted by Gasteiger charge is 2.19. The van der Waals surface area contributed by atoms with Crippen LogP contribution < -0.4 is 10.1 Å². The maximum absolute atomic E-state index is 12.5. The number of nitrogens with zero attached hydrogens (tertiary/aromatic N) is 1. The molecule has 7 heteroatoms. The molecule has 0 saturated heterocycles. The lowest BCUT2D eigenvalue weighted by Crippen LogP contribution is -2.28. The number of likely N-dealkylation sites (N-methyl/N-ethyl adjacent to an activating group) is 1. The van der Waals surface area contributed by atoms with Crippen LogP contribution in [0.25, 0.3) is 0 Å². The number of carbonyl (C=O) groups is 1. The van der Waals surface area contributed by atoms with E-state index in [2.05, 4.69) is 24.1 Å². The topological polar surface area (TPSA) is 75.7 Å². The van der Waals surface area contributed by atoms with Gasteiger partial charge in [0, 0.05) is 24.2 Å². The quantitative estimate of drug-likeness (QED) is 0.588. The van der Waals surface area contributed by atoms with Crippen molar-refractivity contribution >= 4 is 15.7 Å². The lowest BCUT2D eigenvalue weighted by Gasteiger charge is -2.19. The minimum absolute atomic E-state index is 0.223. The molecule has 0 atom stereocenters. The second-order valence-electron chi connectivity index (χ2n) is 7.28. The van der Waals surface area contributed by atoms with E-state index in [-0.39, 0.29) is 10.8 Å². The van der Waals surface area contributed by atoms with Gasteiger partial charge in [0.15, 0.2) is 9.84 Å². The van der Waals surface area contributed by atoms with Crippen molar-refractivity contribution in [2.75, 3.05) is 26.2 Å². The Morgan fingerprint density at radius 3 is 2.27 bits per heavy atom. The molecule has 0 aromatic heterocycles. The molecular formula is C23H32N2O4S. The van der Waals surface area contributed by atoms with Crippen LogP contribution in [0.15, 0.2) is 53.4 Å². The van der Waals surface area contributed by atoms with Gasteiger partial charge in [0.05, 0.1) is 10.1 Å². The largest absolute Gasteiger partial charge is 0.492 e. The van der Waals surface area contributed by atoms with E-state index in [0.29, 0.717) is 18.7 Å². The molecule has 0 unspecified atom stereocenters. The average Bonchev–Trinajstić information content (AvgIpc) is 2.75. The van der Waals surface area contributed by atoms with Gasteiger partial charge < -0.3 is 15.0 Å². The number of nitrogens with one attached hydrogen (secondary N) is 1. The summed E-state index contributed by atoms with van der Waals surface area (Å²) in [7, 11) is -3.35. The molecule has 6 nitrogen and oxygen atoms in total. The van der Waals surface area contributed by atoms with E-state index in [1.54, 1.807) is 13.8 Å². The summed E-state index contributed by atoms with van der Waals surface area (Å²) in [6, 6.07) is 13.7. The van der Waals surface area contributed by atoms with Crippen LogP contribution in [0.4, 0.5) is 0 Å². The van der Waals surface area contributed by atoms with Gasteiger partial charge in [-0.2, -0.15) is 0 Å². The summed E-state index contributed by atoms with van der Waals surface area (Å²) in [5, 5.41) is 2.38. The lowest BCUT2D eigenvalue weighted by molar-refractivity contribution is 0.0950. The third kappa shape index (κ3) is 6.31. The number of hydrogen-bond acceptors (Lipinski definition) is 5. The second kappa shape index (κ2) is 11.1. The van der Waals surface area contributed by atoms with Gasteiger partial charge >= 0.3 is 0 Å². The number of benzene rings is 2. The Kier molecular flexibility index (Phi) is 8.87. The van der Waals surface area contributed by atoms with Crippen LogP contribution in [0.2, 0.25) is 0 Å². The Labute approximate surface area is 180 Å². The summed E-state index contributed by atoms with van der Waals surface area (Å²) in [6.07, 6.45) is 0. The van der Waals surface area contributed by atoms with E-state index < -0.39 is 15.1 Å². The van der Waals surface area contributed by atoms with Gasteiger partial charge in [-0.05, 0) is 57.3 Å². The average molecular weight is 433 g/mol. The first-order chi connectivity index (χ1) is 14.3. The molecule has 164 valence electrons. The zero-order valence-corrected chi connectivity index (χ0v) is 19.0. The number of ether oxygens (including phenoxy) is 1. The number of hydrogen-bond donors (Lipinski definition) is 1. The third-order valence-corrected chi connectivity index (χ3v) is 7.21. The fourth-order valence-electron chi connectivity index (χ4n) is 2.96. The number of sulfone groups is 1. The SMILES string of the molecule is CCN(CC)CCOc1ccccc1CNC(=O)c1ccc(S(=O)(=O)C(C)C)cc1. The van der Waals surface area contributed by atoms with Gasteiger partial charge in [-0.15, -0.1) is 0 Å². The van der Waals surface area contributed by atoms with Gasteiger partial charge in [0.2, 0.25) is 0 Å². The number of rotatable bonds is 11. The van der Waals surface area contributed by atoms with Crippen LogP contribution in [-0.2, 0) is 16.4 Å². The summed E-state index contributed by atoms with van der Waals surface area (Å²) in [4.78, 5) is 15.0. The van der Waals surface area contributed by atoms with E-state index in [1.807, 2.05) is 24.3 Å². The molecule has 1 N–H and O–H groups in total. The molecule has 30 heavy (non-hydrogen) atoms. The van der Waals surface area contributed by atoms with E-state index in [1.165, 1.54) is 24.3 Å². The maximum atomic E-state index is 12.5. The molecule has 0 spiro atoms. The first kappa shape index (κ1) is 23.9. The van der Waals surface area contributed by atoms with E-state index >= 15 is 0 Å². The van der Waals surface area contributed by atoms with Gasteiger partial charge in [-0.25, -0.2) is 8.42 Å². The summed E-state index contributed by atoms with van der Waals surface area (Å²) >= 11 is 0. The Balaban J connectivity index is 1.98. The summed E-state index contributed by atoms with van der Waals surface area (Å²) in [6.45, 7) is 11.2. The molecule has 0 heterocycles. The molecular weight excluding hydrogens is 400 g/mol. The van der Waals surface area contributed by atoms with Crippen molar-refractivity contribution in [1.82, 2.24) is 10.2 Å². The first-order valence-electron chi connectivity index (χ1n) is 10.3. The predicted octanol–water partition coefficient (Wildman–Crippen LogP) is 3.52. The molecule has 0 aliphatic heterocycles. The van der Waals surface area contributed by atoms with Crippen LogP contribution in [-0.4, -0.2) is 50.7 Å². The minimum atomic E-state index is -3.35. The number of carbonyl (C=O) groups excluding carboxylic acids is 1. The summed E-state index contributed by atoms with van der Waals surface area (Å²) in [5.74, 6) is 0.491. The fraction of sp³-hybridized carbons (Fsp3) is 0.435. The van der Waals surface area contributed by atoms with Crippen molar-refractivity contribution in [3.05, 3.63) is 59.7 Å². The van der Waals surface area contributed by atoms with Crippen molar-refractivity contribution in [3.8, 4) is 5.75 Å². The molecule has 0 aliphatic rings. The normalized spacial score (nSPS) is 11.7. The Hall–Kier alpha value is -2.38. The second-order valence-corrected chi connectivity index (χ2v) is 9.79. The molecule has 0 bridgehead atoms. The molecule has 0 fully saturated rings. The van der Waals surface area contributed by atoms with Crippen LogP contribution >= 0.6 is 0 Å². The summed E-state index contributed by atoms with van der Waals surface area (Å²) in [5.41, 5.74) is 1.31. The molecule has 2 rings (SSSR count). The maximum Gasteiger partial charge on any atom is 0.251 e. The highest BCUT2D eigenvalue weighted by Crippen LogP contribution is 2.19. The number of para-hydroxylation sites is 1. The van der Waals surface area contributed by atoms with Gasteiger partial charge in [0.1, 0.15) is 12.4 Å². The standard InChI is InChI=1S/C23H32N2O4S/c1-5-25(6-2)15-16-29-22-10-8-7-9-20(22)17-24-23(26)19-11-13-21(14-12-19)30(27,28)18(3)4/h7-14,18H,5-6,15-17H2,1-4H3,(H,24,26). The monoisotopic (exact) mass is 432 g/mol. The van der Waals surface area contributed by atoms with Gasteiger partial charge in [-0.1, -0.05) is 32.0 Å². The van der Waals surface area contributed by atoms with Crippen LogP contribution in [0.5, 0.6) is 5.75 Å². The highest BCUT2D eigenvalue weighted by molar-refractivity contribution is 7.92. The Bertz CT molecular complexity index is 920. The Morgan fingerprint density at radius 2 is 1.67 bits per heavy atom. The smallest absolute Gasteiger partial charge is 0.251 e. The van der Waals surface area contributed by atoms with E-state index in [4.69, 9.17) is 4.74 Å². The third-order valence-electron chi connectivity index (χ3n) is 5.04. The first-order valence-corrected chi connectivity index (χ1v) is 11.9. The van der Waals surface area contributed by atoms with Crippen molar-refractivity contribution in [3.63, 3.8) is 0 Å². The van der Waals surface area contributed by atoms with Crippen molar-refractivity contribution < 1.29 is 17.9 Å². The molecule has 0 saturated carbocycles. The molecule has 0 aliphatic carbocycles. The van der Waals surface area contributed by atoms with Gasteiger partial charge in [0.25, 0.3) is 5.91 Å².